The minimum Gasteiger partial charge on any atom is -0.467 e. The first-order valence-electron chi connectivity index (χ1n) is 5.74. The fourth-order valence-corrected chi connectivity index (χ4v) is 1.50. The van der Waals surface area contributed by atoms with Gasteiger partial charge in [0.2, 0.25) is 0 Å². The van der Waals surface area contributed by atoms with E-state index in [0.29, 0.717) is 0 Å². The average Bonchev–Trinajstić information content (AvgIpc) is 2.38. The highest BCUT2D eigenvalue weighted by Gasteiger charge is 2.17. The van der Waals surface area contributed by atoms with Gasteiger partial charge in [-0.2, -0.15) is 0 Å². The summed E-state index contributed by atoms with van der Waals surface area (Å²) in [7, 11) is 1.28. The predicted molar refractivity (Wildman–Crippen MR) is 68.0 cm³/mol. The molecule has 0 saturated heterocycles. The van der Waals surface area contributed by atoms with Gasteiger partial charge in [0, 0.05) is 0 Å². The first-order chi connectivity index (χ1) is 8.54. The molecule has 2 N–H and O–H groups in total. The number of esters is 1. The van der Waals surface area contributed by atoms with Crippen LogP contribution in [0.25, 0.3) is 0 Å². The lowest BCUT2D eigenvalue weighted by Crippen LogP contribution is -2.45. The Bertz CT molecular complexity index is 406. The molecular weight excluding hydrogens is 232 g/mol. The molecule has 0 aliphatic carbocycles. The summed E-state index contributed by atoms with van der Waals surface area (Å²) in [5.41, 5.74) is 0.998. The molecule has 5 nitrogen and oxygen atoms in total. The highest BCUT2D eigenvalue weighted by Crippen LogP contribution is 2.10. The molecule has 1 rings (SSSR count). The molecule has 2 amide bonds. The summed E-state index contributed by atoms with van der Waals surface area (Å²) in [6.45, 7) is 3.44. The van der Waals surface area contributed by atoms with Crippen LogP contribution in [-0.4, -0.2) is 25.2 Å². The van der Waals surface area contributed by atoms with Crippen LogP contribution in [0.4, 0.5) is 4.79 Å². The van der Waals surface area contributed by atoms with E-state index >= 15 is 0 Å². The Morgan fingerprint density at radius 3 is 2.28 bits per heavy atom. The Hall–Kier alpha value is -2.04. The number of amides is 2. The third kappa shape index (κ3) is 4.08. The summed E-state index contributed by atoms with van der Waals surface area (Å²) >= 11 is 0. The van der Waals surface area contributed by atoms with E-state index in [-0.39, 0.29) is 6.04 Å². The topological polar surface area (TPSA) is 67.4 Å². The molecule has 2 atom stereocenters. The van der Waals surface area contributed by atoms with Crippen LogP contribution < -0.4 is 10.6 Å². The average molecular weight is 250 g/mol. The Morgan fingerprint density at radius 2 is 1.72 bits per heavy atom. The van der Waals surface area contributed by atoms with Crippen molar-refractivity contribution < 1.29 is 14.3 Å². The molecule has 0 fully saturated rings. The molecule has 1 aromatic carbocycles. The molecular formula is C13H18N2O3. The molecule has 0 radical (unpaired) electrons. The van der Waals surface area contributed by atoms with Gasteiger partial charge in [-0.3, -0.25) is 0 Å². The third-order valence-corrected chi connectivity index (χ3v) is 2.55. The molecule has 0 aliphatic rings. The van der Waals surface area contributed by atoms with Gasteiger partial charge < -0.3 is 15.4 Å². The number of nitrogens with one attached hydrogen (secondary N) is 2. The summed E-state index contributed by atoms with van der Waals surface area (Å²) in [5.74, 6) is -0.475. The summed E-state index contributed by atoms with van der Waals surface area (Å²) in [5, 5.41) is 5.25. The number of hydrogen-bond acceptors (Lipinski definition) is 3. The molecule has 5 heteroatoms. The van der Waals surface area contributed by atoms with Crippen LogP contribution in [0.5, 0.6) is 0 Å². The molecule has 1 aromatic rings. The monoisotopic (exact) mass is 250 g/mol. The Morgan fingerprint density at radius 1 is 1.11 bits per heavy atom. The van der Waals surface area contributed by atoms with Crippen molar-refractivity contribution in [3.05, 3.63) is 35.9 Å². The second-order valence-corrected chi connectivity index (χ2v) is 4.00. The van der Waals surface area contributed by atoms with E-state index in [1.54, 1.807) is 6.92 Å². The molecule has 98 valence electrons. The van der Waals surface area contributed by atoms with Crippen LogP contribution in [0, 0.1) is 0 Å². The number of rotatable bonds is 4. The first-order valence-corrected chi connectivity index (χ1v) is 5.74. The number of ether oxygens (including phenoxy) is 1. The van der Waals surface area contributed by atoms with Crippen molar-refractivity contribution >= 4 is 12.0 Å². The van der Waals surface area contributed by atoms with Gasteiger partial charge in [-0.1, -0.05) is 30.3 Å². The lowest BCUT2D eigenvalue weighted by atomic mass is 10.1. The third-order valence-electron chi connectivity index (χ3n) is 2.55. The minimum atomic E-state index is -0.669. The minimum absolute atomic E-state index is 0.129. The zero-order chi connectivity index (χ0) is 13.5. The Kier molecular flexibility index (Phi) is 5.17. The normalized spacial score (nSPS) is 13.3. The van der Waals surface area contributed by atoms with Crippen molar-refractivity contribution in [2.75, 3.05) is 7.11 Å². The predicted octanol–water partition coefficient (Wildman–Crippen LogP) is 1.61. The maximum absolute atomic E-state index is 11.6. The largest absolute Gasteiger partial charge is 0.467 e. The Balaban J connectivity index is 2.48. The Labute approximate surface area is 107 Å². The molecule has 0 aromatic heterocycles. The summed E-state index contributed by atoms with van der Waals surface area (Å²) in [6, 6.07) is 8.38. The van der Waals surface area contributed by atoms with Crippen molar-refractivity contribution in [1.29, 1.82) is 0 Å². The van der Waals surface area contributed by atoms with E-state index in [4.69, 9.17) is 0 Å². The van der Waals surface area contributed by atoms with Gasteiger partial charge in [-0.05, 0) is 19.4 Å². The van der Waals surface area contributed by atoms with Crippen LogP contribution in [0.15, 0.2) is 30.3 Å². The number of carbonyl (C=O) groups is 2. The van der Waals surface area contributed by atoms with Crippen LogP contribution in [0.2, 0.25) is 0 Å². The fraction of sp³-hybridized carbons (Fsp3) is 0.385. The standard InChI is InChI=1S/C13H18N2O3/c1-9(11-7-5-4-6-8-11)14-13(17)15-10(2)12(16)18-3/h4-10H,1-3H3,(H2,14,15,17). The number of benzene rings is 1. The van der Waals surface area contributed by atoms with E-state index in [1.165, 1.54) is 7.11 Å². The SMILES string of the molecule is COC(=O)C(C)NC(=O)NC(C)c1ccccc1. The van der Waals surface area contributed by atoms with E-state index in [9.17, 15) is 9.59 Å². The van der Waals surface area contributed by atoms with Gasteiger partial charge in [-0.25, -0.2) is 9.59 Å². The van der Waals surface area contributed by atoms with Gasteiger partial charge >= 0.3 is 12.0 Å². The van der Waals surface area contributed by atoms with E-state index < -0.39 is 18.0 Å². The van der Waals surface area contributed by atoms with Crippen LogP contribution in [-0.2, 0) is 9.53 Å². The second-order valence-electron chi connectivity index (χ2n) is 4.00. The van der Waals surface area contributed by atoms with Crippen molar-refractivity contribution in [3.63, 3.8) is 0 Å². The lowest BCUT2D eigenvalue weighted by molar-refractivity contribution is -0.142. The van der Waals surface area contributed by atoms with Gasteiger partial charge in [0.05, 0.1) is 13.2 Å². The maximum Gasteiger partial charge on any atom is 0.328 e. The van der Waals surface area contributed by atoms with Crippen molar-refractivity contribution in [1.82, 2.24) is 10.6 Å². The van der Waals surface area contributed by atoms with Crippen molar-refractivity contribution in [2.45, 2.75) is 25.9 Å². The number of urea groups is 1. The van der Waals surface area contributed by atoms with Crippen LogP contribution >= 0.6 is 0 Å². The summed E-state index contributed by atoms with van der Waals surface area (Å²) in [6.07, 6.45) is 0. The van der Waals surface area contributed by atoms with E-state index in [1.807, 2.05) is 37.3 Å². The zero-order valence-corrected chi connectivity index (χ0v) is 10.8. The smallest absolute Gasteiger partial charge is 0.328 e. The van der Waals surface area contributed by atoms with Crippen LogP contribution in [0.3, 0.4) is 0 Å². The van der Waals surface area contributed by atoms with Gasteiger partial charge in [0.25, 0.3) is 0 Å². The highest BCUT2D eigenvalue weighted by atomic mass is 16.5. The number of methoxy groups -OCH3 is 1. The molecule has 0 spiro atoms. The fourth-order valence-electron chi connectivity index (χ4n) is 1.50. The molecule has 0 heterocycles. The zero-order valence-electron chi connectivity index (χ0n) is 10.8. The maximum atomic E-state index is 11.6. The highest BCUT2D eigenvalue weighted by molar-refractivity contribution is 5.83. The van der Waals surface area contributed by atoms with E-state index in [2.05, 4.69) is 15.4 Å². The van der Waals surface area contributed by atoms with Crippen LogP contribution in [0.1, 0.15) is 25.5 Å². The number of carbonyl (C=O) groups excluding carboxylic acids is 2. The van der Waals surface area contributed by atoms with Gasteiger partial charge in [0.15, 0.2) is 0 Å². The lowest BCUT2D eigenvalue weighted by Gasteiger charge is -2.17. The molecule has 2 unspecified atom stereocenters. The van der Waals surface area contributed by atoms with Gasteiger partial charge in [-0.15, -0.1) is 0 Å². The van der Waals surface area contributed by atoms with Crippen molar-refractivity contribution in [3.8, 4) is 0 Å². The van der Waals surface area contributed by atoms with Crippen molar-refractivity contribution in [2.24, 2.45) is 0 Å². The second kappa shape index (κ2) is 6.64. The molecule has 0 aliphatic heterocycles. The van der Waals surface area contributed by atoms with E-state index in [0.717, 1.165) is 5.56 Å². The molecule has 0 saturated carbocycles. The van der Waals surface area contributed by atoms with Gasteiger partial charge in [0.1, 0.15) is 6.04 Å². The summed E-state index contributed by atoms with van der Waals surface area (Å²) < 4.78 is 4.52. The molecule has 18 heavy (non-hydrogen) atoms. The first kappa shape index (κ1) is 14.0. The quantitative estimate of drug-likeness (QED) is 0.798. The summed E-state index contributed by atoms with van der Waals surface area (Å²) in [4.78, 5) is 22.8. The number of hydrogen-bond donors (Lipinski definition) is 2. The molecule has 0 bridgehead atoms.